The molecule has 0 radical (unpaired) electrons. The van der Waals surface area contributed by atoms with Crippen LogP contribution in [0, 0.1) is 5.82 Å². The van der Waals surface area contributed by atoms with Crippen LogP contribution < -0.4 is 9.64 Å². The average Bonchev–Trinajstić information content (AvgIpc) is 3.19. The highest BCUT2D eigenvalue weighted by Crippen LogP contribution is 2.31. The van der Waals surface area contributed by atoms with Crippen molar-refractivity contribution in [3.8, 4) is 5.75 Å². The lowest BCUT2D eigenvalue weighted by atomic mass is 10.3. The number of rotatable bonds is 10. The highest BCUT2D eigenvalue weighted by atomic mass is 35.5. The van der Waals surface area contributed by atoms with E-state index in [0.717, 1.165) is 29.9 Å². The molecule has 0 atom stereocenters. The predicted molar refractivity (Wildman–Crippen MR) is 132 cm³/mol. The van der Waals surface area contributed by atoms with Crippen LogP contribution in [0.3, 0.4) is 0 Å². The molecule has 7 nitrogen and oxygen atoms in total. The Bertz CT molecular complexity index is 1180. The number of fused-ring (bicyclic) bond motifs is 1. The molecule has 0 aliphatic carbocycles. The number of likely N-dealkylation sites (N-methyl/N-ethyl adjacent to an activating group) is 1. The quantitative estimate of drug-likeness (QED) is 0.379. The second-order valence-corrected chi connectivity index (χ2v) is 10.1. The molecule has 0 unspecified atom stereocenters. The number of anilines is 1. The lowest BCUT2D eigenvalue weighted by molar-refractivity contribution is -0.116. The molecule has 1 amide bonds. The van der Waals surface area contributed by atoms with Crippen molar-refractivity contribution in [2.45, 2.75) is 18.7 Å². The highest BCUT2D eigenvalue weighted by Gasteiger charge is 2.27. The van der Waals surface area contributed by atoms with Gasteiger partial charge in [0.2, 0.25) is 5.91 Å². The Kier molecular flexibility index (Phi) is 9.59. The number of halogens is 2. The van der Waals surface area contributed by atoms with Crippen LogP contribution in [-0.2, 0) is 14.6 Å². The van der Waals surface area contributed by atoms with E-state index >= 15 is 0 Å². The monoisotopic (exact) mass is 515 g/mol. The zero-order chi connectivity index (χ0) is 23.3. The molecule has 0 saturated carbocycles. The number of benzene rings is 2. The number of ether oxygens (including phenoxy) is 1. The molecule has 0 aliphatic rings. The number of hydrogen-bond acceptors (Lipinski definition) is 7. The van der Waals surface area contributed by atoms with Gasteiger partial charge in [0.15, 0.2) is 15.0 Å². The summed E-state index contributed by atoms with van der Waals surface area (Å²) in [6.45, 7) is 6.55. The second kappa shape index (κ2) is 11.7. The standard InChI is InChI=1S/C22H26FN3O4S2.ClH/c1-4-25(5-2)12-13-26(22-24-19-11-8-17(30-3)14-20(19)31-22)21(27)15-32(28,29)18-9-6-16(23)7-10-18;/h6-11,14H,4-5,12-13,15H2,1-3H3;1H. The predicted octanol–water partition coefficient (Wildman–Crippen LogP) is 4.01. The van der Waals surface area contributed by atoms with E-state index in [1.807, 2.05) is 19.9 Å². The van der Waals surface area contributed by atoms with E-state index in [1.165, 1.54) is 28.4 Å². The van der Waals surface area contributed by atoms with Crippen LogP contribution >= 0.6 is 23.7 Å². The summed E-state index contributed by atoms with van der Waals surface area (Å²) < 4.78 is 44.8. The summed E-state index contributed by atoms with van der Waals surface area (Å²) >= 11 is 1.30. The number of hydrogen-bond donors (Lipinski definition) is 0. The Morgan fingerprint density at radius 3 is 2.36 bits per heavy atom. The van der Waals surface area contributed by atoms with Crippen molar-refractivity contribution < 1.29 is 22.3 Å². The fourth-order valence-corrected chi connectivity index (χ4v) is 5.44. The van der Waals surface area contributed by atoms with Gasteiger partial charge in [-0.05, 0) is 55.6 Å². The fraction of sp³-hybridized carbons (Fsp3) is 0.364. The second-order valence-electron chi connectivity index (χ2n) is 7.12. The molecule has 0 aliphatic heterocycles. The molecule has 180 valence electrons. The SMILES string of the molecule is CCN(CC)CCN(C(=O)CS(=O)(=O)c1ccc(F)cc1)c1nc2ccc(OC)cc2s1.Cl. The molecule has 3 rings (SSSR count). The fourth-order valence-electron chi connectivity index (χ4n) is 3.21. The molecular formula is C22H27ClFN3O4S2. The summed E-state index contributed by atoms with van der Waals surface area (Å²) in [5.74, 6) is -1.17. The van der Waals surface area contributed by atoms with Gasteiger partial charge in [-0.3, -0.25) is 9.69 Å². The van der Waals surface area contributed by atoms with Gasteiger partial charge in [-0.1, -0.05) is 25.2 Å². The molecule has 0 saturated heterocycles. The molecule has 0 N–H and O–H groups in total. The highest BCUT2D eigenvalue weighted by molar-refractivity contribution is 7.92. The lowest BCUT2D eigenvalue weighted by Crippen LogP contribution is -2.41. The molecular weight excluding hydrogens is 489 g/mol. The number of carbonyl (C=O) groups excluding carboxylic acids is 1. The number of aromatic nitrogens is 1. The van der Waals surface area contributed by atoms with E-state index < -0.39 is 27.3 Å². The van der Waals surface area contributed by atoms with Crippen LogP contribution in [0.1, 0.15) is 13.8 Å². The minimum absolute atomic E-state index is 0. The zero-order valence-corrected chi connectivity index (χ0v) is 21.1. The van der Waals surface area contributed by atoms with Gasteiger partial charge in [0, 0.05) is 13.1 Å². The molecule has 33 heavy (non-hydrogen) atoms. The van der Waals surface area contributed by atoms with Gasteiger partial charge in [0.25, 0.3) is 0 Å². The summed E-state index contributed by atoms with van der Waals surface area (Å²) in [5, 5.41) is 0.430. The van der Waals surface area contributed by atoms with E-state index in [0.29, 0.717) is 29.5 Å². The Morgan fingerprint density at radius 1 is 1.09 bits per heavy atom. The Hall–Kier alpha value is -2.27. The van der Waals surface area contributed by atoms with Crippen LogP contribution in [0.4, 0.5) is 9.52 Å². The van der Waals surface area contributed by atoms with Crippen molar-refractivity contribution in [2.75, 3.05) is 43.9 Å². The van der Waals surface area contributed by atoms with E-state index in [9.17, 15) is 17.6 Å². The lowest BCUT2D eigenvalue weighted by Gasteiger charge is -2.24. The smallest absolute Gasteiger partial charge is 0.244 e. The topological polar surface area (TPSA) is 79.8 Å². The summed E-state index contributed by atoms with van der Waals surface area (Å²) in [6.07, 6.45) is 0. The van der Waals surface area contributed by atoms with Gasteiger partial charge < -0.3 is 9.64 Å². The van der Waals surface area contributed by atoms with Crippen molar-refractivity contribution in [2.24, 2.45) is 0 Å². The van der Waals surface area contributed by atoms with Gasteiger partial charge in [-0.2, -0.15) is 0 Å². The maximum atomic E-state index is 13.2. The summed E-state index contributed by atoms with van der Waals surface area (Å²) in [7, 11) is -2.36. The van der Waals surface area contributed by atoms with E-state index in [1.54, 1.807) is 19.2 Å². The van der Waals surface area contributed by atoms with Crippen LogP contribution in [0.25, 0.3) is 10.2 Å². The number of thiazole rings is 1. The number of sulfone groups is 1. The van der Waals surface area contributed by atoms with Gasteiger partial charge in [0.1, 0.15) is 17.3 Å². The van der Waals surface area contributed by atoms with E-state index in [-0.39, 0.29) is 17.3 Å². The molecule has 0 spiro atoms. The Balaban J connectivity index is 0.00000385. The Labute approximate surface area is 203 Å². The molecule has 1 aromatic heterocycles. The third kappa shape index (κ3) is 6.63. The van der Waals surface area contributed by atoms with Crippen molar-refractivity contribution in [3.63, 3.8) is 0 Å². The van der Waals surface area contributed by atoms with Crippen LogP contribution in [0.2, 0.25) is 0 Å². The van der Waals surface area contributed by atoms with Crippen LogP contribution in [0.15, 0.2) is 47.4 Å². The van der Waals surface area contributed by atoms with Crippen LogP contribution in [0.5, 0.6) is 5.75 Å². The van der Waals surface area contributed by atoms with E-state index in [2.05, 4.69) is 9.88 Å². The van der Waals surface area contributed by atoms with Gasteiger partial charge in [-0.15, -0.1) is 12.4 Å². The third-order valence-corrected chi connectivity index (χ3v) is 7.80. The summed E-state index contributed by atoms with van der Waals surface area (Å²) in [4.78, 5) is 21.2. The number of amides is 1. The van der Waals surface area contributed by atoms with Crippen molar-refractivity contribution in [3.05, 3.63) is 48.3 Å². The maximum absolute atomic E-state index is 13.2. The zero-order valence-electron chi connectivity index (χ0n) is 18.7. The number of methoxy groups -OCH3 is 1. The molecule has 1 heterocycles. The summed E-state index contributed by atoms with van der Waals surface area (Å²) in [5.41, 5.74) is 0.702. The molecule has 11 heteroatoms. The third-order valence-electron chi connectivity index (χ3n) is 5.14. The molecule has 3 aromatic rings. The van der Waals surface area contributed by atoms with Crippen molar-refractivity contribution >= 4 is 54.8 Å². The first-order valence-corrected chi connectivity index (χ1v) is 12.7. The normalized spacial score (nSPS) is 11.4. The number of nitrogens with zero attached hydrogens (tertiary/aromatic N) is 3. The first-order valence-electron chi connectivity index (χ1n) is 10.2. The first-order chi connectivity index (χ1) is 15.3. The largest absolute Gasteiger partial charge is 0.497 e. The van der Waals surface area contributed by atoms with Crippen LogP contribution in [-0.4, -0.2) is 63.3 Å². The van der Waals surface area contributed by atoms with Crippen molar-refractivity contribution in [1.29, 1.82) is 0 Å². The summed E-state index contributed by atoms with van der Waals surface area (Å²) in [6, 6.07) is 9.89. The van der Waals surface area contributed by atoms with Crippen molar-refractivity contribution in [1.82, 2.24) is 9.88 Å². The number of carbonyl (C=O) groups is 1. The minimum Gasteiger partial charge on any atom is -0.497 e. The Morgan fingerprint density at radius 2 is 1.76 bits per heavy atom. The minimum atomic E-state index is -3.93. The van der Waals surface area contributed by atoms with Gasteiger partial charge in [-0.25, -0.2) is 17.8 Å². The molecule has 0 bridgehead atoms. The molecule has 2 aromatic carbocycles. The van der Waals surface area contributed by atoms with Gasteiger partial charge in [0.05, 0.1) is 22.2 Å². The van der Waals surface area contributed by atoms with E-state index in [4.69, 9.17) is 4.74 Å². The average molecular weight is 516 g/mol. The van der Waals surface area contributed by atoms with Gasteiger partial charge >= 0.3 is 0 Å². The molecule has 0 fully saturated rings. The first kappa shape index (κ1) is 27.0. The maximum Gasteiger partial charge on any atom is 0.244 e.